The molecule has 1 atom stereocenters. The summed E-state index contributed by atoms with van der Waals surface area (Å²) in [6.07, 6.45) is -1.59. The third-order valence-corrected chi connectivity index (χ3v) is 1.88. The van der Waals surface area contributed by atoms with E-state index in [0.29, 0.717) is 0 Å². The Hall–Kier alpha value is -2.72. The number of aliphatic carboxylic acids is 3. The second-order valence-electron chi connectivity index (χ2n) is 4.59. The summed E-state index contributed by atoms with van der Waals surface area (Å²) in [5, 5.41) is 40.7. The molecule has 0 aliphatic carbocycles. The average Bonchev–Trinajstić information content (AvgIpc) is 2.51. The smallest absolute Gasteiger partial charge is 0.333 e. The predicted molar refractivity (Wildman–Crippen MR) is 85.8 cm³/mol. The normalized spacial score (nSPS) is 9.92. The molecule has 0 amide bonds. The second kappa shape index (κ2) is 16.1. The summed E-state index contributed by atoms with van der Waals surface area (Å²) in [7, 11) is 0. The van der Waals surface area contributed by atoms with Crippen LogP contribution in [-0.2, 0) is 23.9 Å². The van der Waals surface area contributed by atoms with Crippen LogP contribution in [0.15, 0.2) is 24.3 Å². The molecular weight excluding hydrogens is 340 g/mol. The van der Waals surface area contributed by atoms with Crippen LogP contribution in [-0.4, -0.2) is 68.7 Å². The van der Waals surface area contributed by atoms with Gasteiger partial charge in [-0.15, -0.1) is 0 Å². The highest BCUT2D eigenvalue weighted by Gasteiger charge is 2.07. The van der Waals surface area contributed by atoms with E-state index >= 15 is 0 Å². The maximum atomic E-state index is 10.6. The van der Waals surface area contributed by atoms with Crippen LogP contribution in [0.25, 0.3) is 0 Å². The number of aliphatic hydroxyl groups is 2. The zero-order valence-corrected chi connectivity index (χ0v) is 14.1. The molecule has 10 heteroatoms. The Morgan fingerprint density at radius 3 is 1.48 bits per heavy atom. The Balaban J connectivity index is -0.000000306. The number of ether oxygens (including phenoxy) is 1. The van der Waals surface area contributed by atoms with Crippen molar-refractivity contribution in [1.29, 1.82) is 0 Å². The summed E-state index contributed by atoms with van der Waals surface area (Å²) < 4.78 is 4.51. The fourth-order valence-corrected chi connectivity index (χ4v) is 0.562. The molecule has 0 heterocycles. The Morgan fingerprint density at radius 2 is 1.28 bits per heavy atom. The van der Waals surface area contributed by atoms with Crippen molar-refractivity contribution >= 4 is 23.9 Å². The van der Waals surface area contributed by atoms with Crippen molar-refractivity contribution in [3.05, 3.63) is 24.3 Å². The third-order valence-electron chi connectivity index (χ3n) is 1.88. The first-order valence-electron chi connectivity index (χ1n) is 6.79. The van der Waals surface area contributed by atoms with Gasteiger partial charge < -0.3 is 30.3 Å². The molecule has 25 heavy (non-hydrogen) atoms. The van der Waals surface area contributed by atoms with Crippen molar-refractivity contribution in [2.75, 3.05) is 13.2 Å². The van der Waals surface area contributed by atoms with E-state index in [9.17, 15) is 19.2 Å². The maximum absolute atomic E-state index is 10.6. The zero-order chi connectivity index (χ0) is 20.6. The van der Waals surface area contributed by atoms with Gasteiger partial charge in [-0.2, -0.15) is 0 Å². The van der Waals surface area contributed by atoms with E-state index in [2.05, 4.69) is 17.9 Å². The molecule has 5 N–H and O–H groups in total. The van der Waals surface area contributed by atoms with Crippen molar-refractivity contribution in [2.45, 2.75) is 32.8 Å². The topological polar surface area (TPSA) is 179 Å². The summed E-state index contributed by atoms with van der Waals surface area (Å²) in [4.78, 5) is 39.5. The summed E-state index contributed by atoms with van der Waals surface area (Å²) in [6.45, 7) is 8.84. The van der Waals surface area contributed by atoms with Crippen molar-refractivity contribution in [1.82, 2.24) is 0 Å². The summed E-state index contributed by atoms with van der Waals surface area (Å²) in [5.74, 6) is -3.65. The molecule has 0 aliphatic rings. The number of aliphatic hydroxyl groups excluding tert-OH is 2. The molecule has 1 unspecified atom stereocenters. The summed E-state index contributed by atoms with van der Waals surface area (Å²) >= 11 is 0. The van der Waals surface area contributed by atoms with Gasteiger partial charge in [-0.25, -0.2) is 9.59 Å². The van der Waals surface area contributed by atoms with E-state index in [1.54, 1.807) is 0 Å². The molecule has 0 aromatic carbocycles. The van der Waals surface area contributed by atoms with Crippen molar-refractivity contribution in [2.24, 2.45) is 0 Å². The van der Waals surface area contributed by atoms with Gasteiger partial charge in [0.15, 0.2) is 0 Å². The van der Waals surface area contributed by atoms with Gasteiger partial charge in [0.1, 0.15) is 12.7 Å². The van der Waals surface area contributed by atoms with E-state index in [1.807, 2.05) is 0 Å². The van der Waals surface area contributed by atoms with Gasteiger partial charge in [-0.3, -0.25) is 9.59 Å². The lowest BCUT2D eigenvalue weighted by Crippen LogP contribution is -2.22. The first-order chi connectivity index (χ1) is 11.3. The summed E-state index contributed by atoms with van der Waals surface area (Å²) in [6, 6.07) is 0. The van der Waals surface area contributed by atoms with Crippen LogP contribution in [0.3, 0.4) is 0 Å². The number of hydrogen-bond acceptors (Lipinski definition) is 7. The van der Waals surface area contributed by atoms with Crippen molar-refractivity contribution < 1.29 is 49.4 Å². The molecule has 0 aromatic rings. The monoisotopic (exact) mass is 364 g/mol. The zero-order valence-electron chi connectivity index (χ0n) is 14.1. The van der Waals surface area contributed by atoms with Crippen LogP contribution < -0.4 is 0 Å². The Bertz CT molecular complexity index is 455. The minimum absolute atomic E-state index is 0.176. The molecule has 144 valence electrons. The molecule has 0 aliphatic heterocycles. The maximum Gasteiger partial charge on any atom is 0.333 e. The van der Waals surface area contributed by atoms with E-state index in [4.69, 9.17) is 25.5 Å². The van der Waals surface area contributed by atoms with Crippen LogP contribution in [0.2, 0.25) is 0 Å². The van der Waals surface area contributed by atoms with Crippen molar-refractivity contribution in [3.8, 4) is 0 Å². The number of carbonyl (C=O) groups excluding carboxylic acids is 1. The fourth-order valence-electron chi connectivity index (χ4n) is 0.562. The Labute approximate surface area is 144 Å². The van der Waals surface area contributed by atoms with E-state index in [-0.39, 0.29) is 30.6 Å². The van der Waals surface area contributed by atoms with Crippen molar-refractivity contribution in [3.63, 3.8) is 0 Å². The minimum Gasteiger partial charge on any atom is -0.481 e. The van der Waals surface area contributed by atoms with Crippen LogP contribution in [0, 0.1) is 0 Å². The Kier molecular flexibility index (Phi) is 17.5. The minimum atomic E-state index is -1.08. The first kappa shape index (κ1) is 27.1. The molecular formula is C15H24O10. The molecule has 0 aromatic heterocycles. The van der Waals surface area contributed by atoms with Crippen LogP contribution in [0.4, 0.5) is 0 Å². The molecule has 10 nitrogen and oxygen atoms in total. The highest BCUT2D eigenvalue weighted by atomic mass is 16.5. The van der Waals surface area contributed by atoms with E-state index < -0.39 is 36.6 Å². The number of carbonyl (C=O) groups is 4. The van der Waals surface area contributed by atoms with Gasteiger partial charge in [-0.1, -0.05) is 13.2 Å². The fraction of sp³-hybridized carbons (Fsp3) is 0.467. The highest BCUT2D eigenvalue weighted by Crippen LogP contribution is 1.93. The molecule has 0 radical (unpaired) electrons. The number of hydrogen-bond donors (Lipinski definition) is 5. The van der Waals surface area contributed by atoms with Gasteiger partial charge in [0, 0.05) is 11.1 Å². The summed E-state index contributed by atoms with van der Waals surface area (Å²) in [5.41, 5.74) is 0.449. The van der Waals surface area contributed by atoms with Gasteiger partial charge in [0.25, 0.3) is 0 Å². The molecule has 0 rings (SSSR count). The predicted octanol–water partition coefficient (Wildman–Crippen LogP) is 0.0418. The standard InChI is InChI=1S/C7H12O4.C4H6O4.C4H6O2/c1-5(2)7(10)11-4-6(9)3-8;5-3(6)1-2-4(7)8;1-3(2)4(5)6/h6,8-9H,1,3-4H2,2H3;1-2H2,(H,5,6)(H,7,8);1H2,2H3,(H,5,6). The van der Waals surface area contributed by atoms with Gasteiger partial charge in [-0.05, 0) is 13.8 Å². The van der Waals surface area contributed by atoms with Gasteiger partial charge in [0.2, 0.25) is 0 Å². The van der Waals surface area contributed by atoms with Crippen LogP contribution in [0.5, 0.6) is 0 Å². The lowest BCUT2D eigenvalue weighted by atomic mass is 10.3. The first-order valence-corrected chi connectivity index (χ1v) is 6.79. The molecule has 0 saturated carbocycles. The van der Waals surface area contributed by atoms with Crippen LogP contribution >= 0.6 is 0 Å². The van der Waals surface area contributed by atoms with Gasteiger partial charge >= 0.3 is 23.9 Å². The quantitative estimate of drug-likeness (QED) is 0.291. The average molecular weight is 364 g/mol. The molecule has 0 saturated heterocycles. The SMILES string of the molecule is C=C(C)C(=O)O.C=C(C)C(=O)OCC(O)CO.O=C(O)CCC(=O)O. The molecule has 0 spiro atoms. The second-order valence-corrected chi connectivity index (χ2v) is 4.59. The number of carboxylic acid groups (broad SMARTS) is 3. The Morgan fingerprint density at radius 1 is 0.920 bits per heavy atom. The number of esters is 1. The lowest BCUT2D eigenvalue weighted by Gasteiger charge is -2.07. The van der Waals surface area contributed by atoms with Crippen LogP contribution in [0.1, 0.15) is 26.7 Å². The van der Waals surface area contributed by atoms with Gasteiger partial charge in [0.05, 0.1) is 19.4 Å². The third kappa shape index (κ3) is 26.5. The number of rotatable bonds is 8. The molecule has 0 bridgehead atoms. The van der Waals surface area contributed by atoms with E-state index in [0.717, 1.165) is 0 Å². The number of carboxylic acids is 3. The largest absolute Gasteiger partial charge is 0.481 e. The highest BCUT2D eigenvalue weighted by molar-refractivity contribution is 5.86. The lowest BCUT2D eigenvalue weighted by molar-refractivity contribution is -0.143. The van der Waals surface area contributed by atoms with E-state index in [1.165, 1.54) is 13.8 Å². The molecule has 0 fully saturated rings.